The monoisotopic (exact) mass is 419 g/mol. The van der Waals surface area contributed by atoms with Crippen LogP contribution >= 0.6 is 0 Å². The van der Waals surface area contributed by atoms with Crippen LogP contribution in [0.2, 0.25) is 0 Å². The number of aryl methyl sites for hydroxylation is 1. The van der Waals surface area contributed by atoms with Crippen molar-refractivity contribution in [1.82, 2.24) is 4.72 Å². The largest absolute Gasteiger partial charge is 0.497 e. The third kappa shape index (κ3) is 5.79. The van der Waals surface area contributed by atoms with Crippen LogP contribution in [0.5, 0.6) is 5.75 Å². The normalized spacial score (nSPS) is 17.6. The lowest BCUT2D eigenvalue weighted by atomic mass is 9.77. The Morgan fingerprint density at radius 1 is 1.10 bits per heavy atom. The van der Waals surface area contributed by atoms with Crippen molar-refractivity contribution in [3.63, 3.8) is 0 Å². The molecule has 2 aromatic rings. The lowest BCUT2D eigenvalue weighted by molar-refractivity contribution is -0.0663. The van der Waals surface area contributed by atoms with Crippen molar-refractivity contribution in [2.24, 2.45) is 5.92 Å². The van der Waals surface area contributed by atoms with E-state index < -0.39 is 15.6 Å². The van der Waals surface area contributed by atoms with Crippen LogP contribution < -0.4 is 9.46 Å². The molecule has 1 saturated heterocycles. The van der Waals surface area contributed by atoms with Crippen molar-refractivity contribution < 1.29 is 23.0 Å². The minimum absolute atomic E-state index is 0.0437. The van der Waals surface area contributed by atoms with E-state index in [1.165, 1.54) is 0 Å². The first kappa shape index (κ1) is 21.8. The topological polar surface area (TPSA) is 84.9 Å². The lowest BCUT2D eigenvalue weighted by Crippen LogP contribution is -2.48. The van der Waals surface area contributed by atoms with E-state index in [0.29, 0.717) is 32.5 Å². The Hall–Kier alpha value is -1.93. The third-order valence-corrected chi connectivity index (χ3v) is 6.88. The Bertz CT molecular complexity index is 864. The molecule has 1 atom stereocenters. The fourth-order valence-corrected chi connectivity index (χ4v) is 4.81. The summed E-state index contributed by atoms with van der Waals surface area (Å²) in [5.74, 6) is 0.625. The summed E-state index contributed by atoms with van der Waals surface area (Å²) in [6.45, 7) is 1.10. The molecule has 0 aliphatic carbocycles. The molecule has 2 N–H and O–H groups in total. The molecule has 0 radical (unpaired) electrons. The molecule has 7 heteroatoms. The number of benzene rings is 2. The number of hydrogen-bond donors (Lipinski definition) is 2. The molecule has 0 saturated carbocycles. The Balaban J connectivity index is 1.67. The van der Waals surface area contributed by atoms with E-state index in [0.717, 1.165) is 16.9 Å². The van der Waals surface area contributed by atoms with Gasteiger partial charge in [-0.1, -0.05) is 42.5 Å². The standard InChI is InChI=1S/C22H29NO5S/c1-27-21-9-7-18(8-10-21)13-16-29(25,26)23-17-22(24,19-5-3-2-4-6-19)20-11-14-28-15-12-20/h2-10,20,23-24H,11-17H2,1H3/t22-/m0/s1. The van der Waals surface area contributed by atoms with Gasteiger partial charge < -0.3 is 14.6 Å². The maximum Gasteiger partial charge on any atom is 0.212 e. The van der Waals surface area contributed by atoms with Gasteiger partial charge in [0.2, 0.25) is 10.0 Å². The Morgan fingerprint density at radius 3 is 2.38 bits per heavy atom. The quantitative estimate of drug-likeness (QED) is 0.652. The molecular formula is C22H29NO5S. The number of sulfonamides is 1. The van der Waals surface area contributed by atoms with Crippen LogP contribution in [0.25, 0.3) is 0 Å². The fraction of sp³-hybridized carbons (Fsp3) is 0.455. The van der Waals surface area contributed by atoms with Crippen molar-refractivity contribution in [2.45, 2.75) is 24.9 Å². The van der Waals surface area contributed by atoms with Gasteiger partial charge >= 0.3 is 0 Å². The first-order valence-corrected chi connectivity index (χ1v) is 11.5. The van der Waals surface area contributed by atoms with Crippen LogP contribution in [-0.4, -0.2) is 46.1 Å². The minimum atomic E-state index is -3.55. The van der Waals surface area contributed by atoms with Gasteiger partial charge in [0.25, 0.3) is 0 Å². The molecule has 1 heterocycles. The van der Waals surface area contributed by atoms with Gasteiger partial charge in [-0.2, -0.15) is 0 Å². The van der Waals surface area contributed by atoms with Crippen molar-refractivity contribution in [1.29, 1.82) is 0 Å². The molecule has 1 fully saturated rings. The molecule has 6 nitrogen and oxygen atoms in total. The average Bonchev–Trinajstić information content (AvgIpc) is 2.78. The van der Waals surface area contributed by atoms with Gasteiger partial charge in [0.15, 0.2) is 0 Å². The molecule has 0 amide bonds. The van der Waals surface area contributed by atoms with E-state index in [9.17, 15) is 13.5 Å². The zero-order chi connectivity index (χ0) is 20.7. The first-order valence-electron chi connectivity index (χ1n) is 9.89. The number of aliphatic hydroxyl groups is 1. The van der Waals surface area contributed by atoms with Crippen LogP contribution in [0.15, 0.2) is 54.6 Å². The van der Waals surface area contributed by atoms with Gasteiger partial charge in [0.1, 0.15) is 11.4 Å². The number of rotatable bonds is 9. The number of nitrogens with one attached hydrogen (secondary N) is 1. The zero-order valence-corrected chi connectivity index (χ0v) is 17.5. The number of ether oxygens (including phenoxy) is 2. The maximum atomic E-state index is 12.6. The number of hydrogen-bond acceptors (Lipinski definition) is 5. The molecule has 0 aromatic heterocycles. The molecule has 0 spiro atoms. The molecule has 1 aliphatic rings. The van der Waals surface area contributed by atoms with E-state index in [1.807, 2.05) is 54.6 Å². The predicted molar refractivity (Wildman–Crippen MR) is 112 cm³/mol. The fourth-order valence-electron chi connectivity index (χ4n) is 3.72. The number of methoxy groups -OCH3 is 1. The van der Waals surface area contributed by atoms with Crippen LogP contribution in [0.3, 0.4) is 0 Å². The molecule has 0 unspecified atom stereocenters. The Labute approximate surface area is 172 Å². The van der Waals surface area contributed by atoms with E-state index in [2.05, 4.69) is 4.72 Å². The average molecular weight is 420 g/mol. The summed E-state index contributed by atoms with van der Waals surface area (Å²) in [6.07, 6.45) is 1.78. The molecule has 0 bridgehead atoms. The summed E-state index contributed by atoms with van der Waals surface area (Å²) in [4.78, 5) is 0. The molecular weight excluding hydrogens is 390 g/mol. The molecule has 29 heavy (non-hydrogen) atoms. The van der Waals surface area contributed by atoms with Gasteiger partial charge in [-0.05, 0) is 48.4 Å². The van der Waals surface area contributed by atoms with Crippen molar-refractivity contribution in [3.8, 4) is 5.75 Å². The van der Waals surface area contributed by atoms with Crippen LogP contribution in [0.1, 0.15) is 24.0 Å². The maximum absolute atomic E-state index is 12.6. The van der Waals surface area contributed by atoms with Crippen LogP contribution in [-0.2, 0) is 26.8 Å². The summed E-state index contributed by atoms with van der Waals surface area (Å²) in [7, 11) is -1.95. The highest BCUT2D eigenvalue weighted by Gasteiger charge is 2.40. The molecule has 1 aliphatic heterocycles. The van der Waals surface area contributed by atoms with E-state index in [-0.39, 0.29) is 18.2 Å². The van der Waals surface area contributed by atoms with E-state index in [4.69, 9.17) is 9.47 Å². The lowest BCUT2D eigenvalue weighted by Gasteiger charge is -2.39. The summed E-state index contributed by atoms with van der Waals surface area (Å²) in [5.41, 5.74) is 0.377. The predicted octanol–water partition coefficient (Wildman–Crippen LogP) is 2.47. The van der Waals surface area contributed by atoms with Crippen molar-refractivity contribution in [3.05, 3.63) is 65.7 Å². The van der Waals surface area contributed by atoms with Crippen LogP contribution in [0.4, 0.5) is 0 Å². The van der Waals surface area contributed by atoms with Gasteiger partial charge in [-0.15, -0.1) is 0 Å². The van der Waals surface area contributed by atoms with Gasteiger partial charge in [0, 0.05) is 19.8 Å². The second kappa shape index (κ2) is 9.71. The highest BCUT2D eigenvalue weighted by Crippen LogP contribution is 2.35. The summed E-state index contributed by atoms with van der Waals surface area (Å²) >= 11 is 0. The first-order chi connectivity index (χ1) is 13.9. The van der Waals surface area contributed by atoms with Crippen molar-refractivity contribution >= 4 is 10.0 Å². The van der Waals surface area contributed by atoms with Gasteiger partial charge in [-0.25, -0.2) is 13.1 Å². The third-order valence-electron chi connectivity index (χ3n) is 5.55. The van der Waals surface area contributed by atoms with Gasteiger partial charge in [-0.3, -0.25) is 0 Å². The Kier molecular flexibility index (Phi) is 7.29. The molecule has 158 valence electrons. The minimum Gasteiger partial charge on any atom is -0.497 e. The second-order valence-electron chi connectivity index (χ2n) is 7.41. The SMILES string of the molecule is COc1ccc(CCS(=O)(=O)NC[C@](O)(c2ccccc2)C2CCOCC2)cc1. The summed E-state index contributed by atoms with van der Waals surface area (Å²) in [6, 6.07) is 16.6. The van der Waals surface area contributed by atoms with Crippen LogP contribution in [0, 0.1) is 5.92 Å². The highest BCUT2D eigenvalue weighted by atomic mass is 32.2. The highest BCUT2D eigenvalue weighted by molar-refractivity contribution is 7.89. The summed E-state index contributed by atoms with van der Waals surface area (Å²) in [5, 5.41) is 11.5. The van der Waals surface area contributed by atoms with E-state index >= 15 is 0 Å². The zero-order valence-electron chi connectivity index (χ0n) is 16.7. The van der Waals surface area contributed by atoms with Gasteiger partial charge in [0.05, 0.1) is 12.9 Å². The Morgan fingerprint density at radius 2 is 1.76 bits per heavy atom. The smallest absolute Gasteiger partial charge is 0.212 e. The molecule has 3 rings (SSSR count). The summed E-state index contributed by atoms with van der Waals surface area (Å²) < 4.78 is 38.4. The second-order valence-corrected chi connectivity index (χ2v) is 9.34. The van der Waals surface area contributed by atoms with E-state index in [1.54, 1.807) is 7.11 Å². The molecule has 2 aromatic carbocycles. The van der Waals surface area contributed by atoms with Crippen molar-refractivity contribution in [2.75, 3.05) is 32.6 Å².